The van der Waals surface area contributed by atoms with Crippen molar-refractivity contribution in [3.05, 3.63) is 65.2 Å². The summed E-state index contributed by atoms with van der Waals surface area (Å²) >= 11 is 0. The summed E-state index contributed by atoms with van der Waals surface area (Å²) in [4.78, 5) is 45.8. The summed E-state index contributed by atoms with van der Waals surface area (Å²) in [5.41, 5.74) is 3.73. The largest absolute Gasteiger partial charge is 0.489 e. The highest BCUT2D eigenvalue weighted by molar-refractivity contribution is 6.05. The number of nitrogens with zero attached hydrogens (tertiary/aromatic N) is 3. The summed E-state index contributed by atoms with van der Waals surface area (Å²) in [6, 6.07) is 15.7. The fourth-order valence-corrected chi connectivity index (χ4v) is 7.35. The standard InChI is InChI=1S/C35H41N5O5/c1-35(14-11-25(44-2)12-15-35)38-31-9-4-23-17-22(3-7-29(23)36-31)19-39-16-13-27(21-39)45-26-5-6-28-24(18-26)20-40(34(28)43)30-8-10-32(41)37-33(30)42/h3-7,9,17-18,25,27,30H,8,10-16,19-21H2,1-2H3,(H,36,38)(H,37,41,42)/t25?,27-,30?,35?/m0/s1. The van der Waals surface area contributed by atoms with Crippen LogP contribution in [-0.2, 0) is 27.4 Å². The smallest absolute Gasteiger partial charge is 0.255 e. The van der Waals surface area contributed by atoms with Crippen LogP contribution in [0.2, 0.25) is 0 Å². The van der Waals surface area contributed by atoms with Crippen LogP contribution in [-0.4, -0.2) is 76.5 Å². The van der Waals surface area contributed by atoms with Gasteiger partial charge in [-0.25, -0.2) is 4.98 Å². The van der Waals surface area contributed by atoms with Gasteiger partial charge in [0.05, 0.1) is 11.6 Å². The van der Waals surface area contributed by atoms with Gasteiger partial charge in [0.25, 0.3) is 5.91 Å². The molecule has 0 radical (unpaired) electrons. The predicted molar refractivity (Wildman–Crippen MR) is 170 cm³/mol. The normalized spacial score (nSPS) is 27.1. The van der Waals surface area contributed by atoms with E-state index in [-0.39, 0.29) is 29.9 Å². The molecule has 45 heavy (non-hydrogen) atoms. The lowest BCUT2D eigenvalue weighted by Crippen LogP contribution is -2.52. The molecule has 3 aromatic rings. The van der Waals surface area contributed by atoms with Gasteiger partial charge >= 0.3 is 0 Å². The Hall–Kier alpha value is -4.02. The highest BCUT2D eigenvalue weighted by Gasteiger charge is 2.39. The number of fused-ring (bicyclic) bond motifs is 2. The van der Waals surface area contributed by atoms with Crippen LogP contribution in [0.1, 0.15) is 73.4 Å². The number of rotatable bonds is 8. The number of amides is 3. The molecular formula is C35H41N5O5. The third-order valence-electron chi connectivity index (χ3n) is 9.99. The molecule has 2 aromatic carbocycles. The number of carbonyl (C=O) groups excluding carboxylic acids is 3. The van der Waals surface area contributed by atoms with E-state index in [1.54, 1.807) is 18.1 Å². The van der Waals surface area contributed by atoms with Gasteiger partial charge in [0.1, 0.15) is 23.7 Å². The van der Waals surface area contributed by atoms with Gasteiger partial charge in [-0.3, -0.25) is 24.6 Å². The number of carbonyl (C=O) groups is 3. The third-order valence-corrected chi connectivity index (χ3v) is 9.99. The average Bonchev–Trinajstić information content (AvgIpc) is 3.60. The van der Waals surface area contributed by atoms with Crippen LogP contribution in [0.5, 0.6) is 5.75 Å². The van der Waals surface area contributed by atoms with E-state index in [0.29, 0.717) is 24.6 Å². The first kappa shape index (κ1) is 29.7. The Bertz CT molecular complexity index is 1630. The van der Waals surface area contributed by atoms with E-state index in [1.807, 2.05) is 12.1 Å². The van der Waals surface area contributed by atoms with Crippen molar-refractivity contribution >= 4 is 34.4 Å². The molecule has 1 aromatic heterocycles. The van der Waals surface area contributed by atoms with Crippen molar-refractivity contribution in [2.75, 3.05) is 25.5 Å². The number of likely N-dealkylation sites (tertiary alicyclic amines) is 1. The molecule has 3 aliphatic heterocycles. The molecule has 1 aliphatic carbocycles. The molecule has 4 aliphatic rings. The number of aromatic nitrogens is 1. The molecule has 236 valence electrons. The molecule has 10 heteroatoms. The minimum absolute atomic E-state index is 0.0391. The Morgan fingerprint density at radius 1 is 1.00 bits per heavy atom. The van der Waals surface area contributed by atoms with E-state index in [4.69, 9.17) is 14.5 Å². The Balaban J connectivity index is 0.935. The molecule has 1 saturated carbocycles. The fraction of sp³-hybridized carbons (Fsp3) is 0.486. The molecule has 0 bridgehead atoms. The van der Waals surface area contributed by atoms with Crippen LogP contribution in [0.4, 0.5) is 5.82 Å². The molecular weight excluding hydrogens is 570 g/mol. The van der Waals surface area contributed by atoms with Crippen molar-refractivity contribution in [3.8, 4) is 5.75 Å². The third kappa shape index (κ3) is 6.26. The van der Waals surface area contributed by atoms with Gasteiger partial charge < -0.3 is 19.7 Å². The first-order valence-electron chi connectivity index (χ1n) is 16.1. The zero-order chi connectivity index (χ0) is 31.1. The Morgan fingerprint density at radius 2 is 1.84 bits per heavy atom. The second kappa shape index (κ2) is 12.1. The number of ether oxygens (including phenoxy) is 2. The minimum atomic E-state index is -0.616. The monoisotopic (exact) mass is 611 g/mol. The SMILES string of the molecule is COC1CCC(C)(Nc2ccc3cc(CN4CC[C@H](Oc5ccc6c(c5)CN(C5CCC(=O)NC5=O)C6=O)C4)ccc3n2)CC1. The average molecular weight is 612 g/mol. The van der Waals surface area contributed by atoms with E-state index in [9.17, 15) is 14.4 Å². The topological polar surface area (TPSA) is 113 Å². The number of benzene rings is 2. The van der Waals surface area contributed by atoms with E-state index in [1.165, 1.54) is 5.56 Å². The molecule has 1 unspecified atom stereocenters. The van der Waals surface area contributed by atoms with Crippen LogP contribution in [0.3, 0.4) is 0 Å². The Morgan fingerprint density at radius 3 is 2.64 bits per heavy atom. The molecule has 10 nitrogen and oxygen atoms in total. The first-order valence-corrected chi connectivity index (χ1v) is 16.1. The maximum atomic E-state index is 13.0. The van der Waals surface area contributed by atoms with Crippen molar-refractivity contribution in [2.24, 2.45) is 0 Å². The van der Waals surface area contributed by atoms with Crippen LogP contribution in [0, 0.1) is 0 Å². The highest BCUT2D eigenvalue weighted by Crippen LogP contribution is 2.33. The van der Waals surface area contributed by atoms with Crippen LogP contribution in [0.15, 0.2) is 48.5 Å². The lowest BCUT2D eigenvalue weighted by Gasteiger charge is -2.38. The quantitative estimate of drug-likeness (QED) is 0.361. The lowest BCUT2D eigenvalue weighted by molar-refractivity contribution is -0.136. The maximum absolute atomic E-state index is 13.0. The molecule has 7 rings (SSSR count). The van der Waals surface area contributed by atoms with Gasteiger partial charge in [-0.1, -0.05) is 6.07 Å². The molecule has 0 spiro atoms. The van der Waals surface area contributed by atoms with E-state index >= 15 is 0 Å². The van der Waals surface area contributed by atoms with Gasteiger partial charge in [-0.15, -0.1) is 0 Å². The Labute approximate surface area is 263 Å². The number of hydrogen-bond acceptors (Lipinski definition) is 8. The summed E-state index contributed by atoms with van der Waals surface area (Å²) in [5, 5.41) is 7.18. The molecule has 2 N–H and O–H groups in total. The highest BCUT2D eigenvalue weighted by atomic mass is 16.5. The van der Waals surface area contributed by atoms with Crippen molar-refractivity contribution < 1.29 is 23.9 Å². The van der Waals surface area contributed by atoms with Gasteiger partial charge in [0.15, 0.2) is 0 Å². The predicted octanol–water partition coefficient (Wildman–Crippen LogP) is 4.41. The van der Waals surface area contributed by atoms with Gasteiger partial charge in [-0.05, 0) is 99.0 Å². The van der Waals surface area contributed by atoms with Crippen molar-refractivity contribution in [2.45, 2.75) is 88.7 Å². The number of nitrogens with one attached hydrogen (secondary N) is 2. The number of methoxy groups -OCH3 is 1. The first-order chi connectivity index (χ1) is 21.7. The summed E-state index contributed by atoms with van der Waals surface area (Å²) in [5.74, 6) is 0.806. The number of piperidine rings is 1. The van der Waals surface area contributed by atoms with Gasteiger partial charge in [0, 0.05) is 56.2 Å². The van der Waals surface area contributed by atoms with E-state index in [2.05, 4.69) is 52.8 Å². The zero-order valence-corrected chi connectivity index (χ0v) is 26.0. The second-order valence-electron chi connectivity index (χ2n) is 13.3. The van der Waals surface area contributed by atoms with E-state index in [0.717, 1.165) is 79.8 Å². The van der Waals surface area contributed by atoms with E-state index < -0.39 is 11.9 Å². The van der Waals surface area contributed by atoms with Crippen LogP contribution < -0.4 is 15.4 Å². The molecule has 2 saturated heterocycles. The summed E-state index contributed by atoms with van der Waals surface area (Å²) in [7, 11) is 1.80. The number of hydrogen-bond donors (Lipinski definition) is 2. The fourth-order valence-electron chi connectivity index (χ4n) is 7.35. The molecule has 3 fully saturated rings. The Kier molecular flexibility index (Phi) is 7.95. The maximum Gasteiger partial charge on any atom is 0.255 e. The van der Waals surface area contributed by atoms with Crippen molar-refractivity contribution in [1.82, 2.24) is 20.1 Å². The summed E-state index contributed by atoms with van der Waals surface area (Å²) in [6.45, 7) is 5.23. The molecule has 4 heterocycles. The van der Waals surface area contributed by atoms with Crippen LogP contribution >= 0.6 is 0 Å². The lowest BCUT2D eigenvalue weighted by atomic mass is 9.82. The summed E-state index contributed by atoms with van der Waals surface area (Å²) < 4.78 is 11.9. The van der Waals surface area contributed by atoms with Crippen LogP contribution in [0.25, 0.3) is 10.9 Å². The van der Waals surface area contributed by atoms with Crippen molar-refractivity contribution in [1.29, 1.82) is 0 Å². The summed E-state index contributed by atoms with van der Waals surface area (Å²) in [6.07, 6.45) is 6.22. The zero-order valence-electron chi connectivity index (χ0n) is 26.0. The number of pyridine rings is 1. The number of imide groups is 1. The van der Waals surface area contributed by atoms with Gasteiger partial charge in [0.2, 0.25) is 11.8 Å². The molecule has 3 amide bonds. The van der Waals surface area contributed by atoms with Gasteiger partial charge in [-0.2, -0.15) is 0 Å². The molecule has 2 atom stereocenters. The minimum Gasteiger partial charge on any atom is -0.489 e. The van der Waals surface area contributed by atoms with Crippen molar-refractivity contribution in [3.63, 3.8) is 0 Å². The number of anilines is 1. The second-order valence-corrected chi connectivity index (χ2v) is 13.3.